The maximum Gasteiger partial charge on any atom is 0.288 e. The Labute approximate surface area is 142 Å². The summed E-state index contributed by atoms with van der Waals surface area (Å²) in [5.74, 6) is 0.0274. The summed E-state index contributed by atoms with van der Waals surface area (Å²) >= 11 is 3.44. The molecule has 0 unspecified atom stereocenters. The fourth-order valence-corrected chi connectivity index (χ4v) is 2.60. The van der Waals surface area contributed by atoms with Gasteiger partial charge in [0.25, 0.3) is 5.91 Å². The maximum atomic E-state index is 11.2. The molecular weight excluding hydrogens is 356 g/mol. The maximum absolute atomic E-state index is 11.2. The SMILES string of the molecule is Cc1nc(C(N)=O)nn1-c1ccc(Cc2ccc(Br)cc2)cc1. The molecule has 0 spiro atoms. The van der Waals surface area contributed by atoms with E-state index in [0.29, 0.717) is 5.82 Å². The van der Waals surface area contributed by atoms with E-state index in [2.05, 4.69) is 38.1 Å². The zero-order chi connectivity index (χ0) is 16.4. The van der Waals surface area contributed by atoms with Crippen LogP contribution in [0.1, 0.15) is 27.6 Å². The van der Waals surface area contributed by atoms with Crippen LogP contribution in [0.4, 0.5) is 0 Å². The third-order valence-electron chi connectivity index (χ3n) is 3.49. The predicted octanol–water partition coefficient (Wildman–Crippen LogP) is 3.03. The Kier molecular flexibility index (Phi) is 4.25. The first-order valence-corrected chi connectivity index (χ1v) is 7.89. The van der Waals surface area contributed by atoms with E-state index >= 15 is 0 Å². The van der Waals surface area contributed by atoms with E-state index in [1.54, 1.807) is 11.6 Å². The van der Waals surface area contributed by atoms with Crippen molar-refractivity contribution < 1.29 is 4.79 Å². The molecule has 1 aromatic heterocycles. The van der Waals surface area contributed by atoms with Gasteiger partial charge in [0.1, 0.15) is 5.82 Å². The van der Waals surface area contributed by atoms with Gasteiger partial charge < -0.3 is 5.73 Å². The summed E-state index contributed by atoms with van der Waals surface area (Å²) in [5.41, 5.74) is 8.51. The highest BCUT2D eigenvalue weighted by atomic mass is 79.9. The van der Waals surface area contributed by atoms with Gasteiger partial charge in [-0.05, 0) is 48.7 Å². The quantitative estimate of drug-likeness (QED) is 0.766. The van der Waals surface area contributed by atoms with Crippen molar-refractivity contribution in [2.24, 2.45) is 5.73 Å². The third-order valence-corrected chi connectivity index (χ3v) is 4.02. The Hall–Kier alpha value is -2.47. The number of amides is 1. The molecule has 0 bridgehead atoms. The van der Waals surface area contributed by atoms with E-state index in [4.69, 9.17) is 5.73 Å². The standard InChI is InChI=1S/C17H15BrN4O/c1-11-20-17(16(19)23)21-22(11)15-8-4-13(5-9-15)10-12-2-6-14(18)7-3-12/h2-9H,10H2,1H3,(H2,19,23). The molecule has 0 aliphatic carbocycles. The number of halogens is 1. The number of nitrogens with two attached hydrogens (primary N) is 1. The largest absolute Gasteiger partial charge is 0.363 e. The number of hydrogen-bond acceptors (Lipinski definition) is 3. The highest BCUT2D eigenvalue weighted by Gasteiger charge is 2.12. The van der Waals surface area contributed by atoms with Gasteiger partial charge in [-0.2, -0.15) is 0 Å². The number of primary amides is 1. The summed E-state index contributed by atoms with van der Waals surface area (Å²) in [4.78, 5) is 15.2. The number of hydrogen-bond donors (Lipinski definition) is 1. The second-order valence-electron chi connectivity index (χ2n) is 5.23. The van der Waals surface area contributed by atoms with Gasteiger partial charge in [-0.3, -0.25) is 4.79 Å². The molecule has 3 rings (SSSR count). The summed E-state index contributed by atoms with van der Waals surface area (Å²) in [6.07, 6.45) is 0.858. The average molecular weight is 371 g/mol. The monoisotopic (exact) mass is 370 g/mol. The fraction of sp³-hybridized carbons (Fsp3) is 0.118. The van der Waals surface area contributed by atoms with Crippen LogP contribution in [0.25, 0.3) is 5.69 Å². The van der Waals surface area contributed by atoms with Gasteiger partial charge in [0.15, 0.2) is 0 Å². The average Bonchev–Trinajstić information content (AvgIpc) is 2.93. The van der Waals surface area contributed by atoms with Crippen LogP contribution in [0.3, 0.4) is 0 Å². The lowest BCUT2D eigenvalue weighted by Crippen LogP contribution is -2.13. The van der Waals surface area contributed by atoms with Crippen molar-refractivity contribution in [1.29, 1.82) is 0 Å². The highest BCUT2D eigenvalue weighted by molar-refractivity contribution is 9.10. The Morgan fingerprint density at radius 1 is 1.09 bits per heavy atom. The van der Waals surface area contributed by atoms with Gasteiger partial charge in [-0.25, -0.2) is 9.67 Å². The molecule has 0 saturated heterocycles. The Morgan fingerprint density at radius 3 is 2.17 bits per heavy atom. The first-order chi connectivity index (χ1) is 11.0. The van der Waals surface area contributed by atoms with Crippen LogP contribution in [-0.2, 0) is 6.42 Å². The second-order valence-corrected chi connectivity index (χ2v) is 6.14. The first kappa shape index (κ1) is 15.4. The minimum Gasteiger partial charge on any atom is -0.363 e. The van der Waals surface area contributed by atoms with Crippen LogP contribution < -0.4 is 5.73 Å². The lowest BCUT2D eigenvalue weighted by atomic mass is 10.0. The van der Waals surface area contributed by atoms with Gasteiger partial charge in [-0.1, -0.05) is 40.2 Å². The van der Waals surface area contributed by atoms with Crippen LogP contribution in [0, 0.1) is 6.92 Å². The molecule has 2 N–H and O–H groups in total. The van der Waals surface area contributed by atoms with Crippen LogP contribution in [0.5, 0.6) is 0 Å². The zero-order valence-corrected chi connectivity index (χ0v) is 14.1. The summed E-state index contributed by atoms with van der Waals surface area (Å²) in [6.45, 7) is 1.79. The number of benzene rings is 2. The summed E-state index contributed by atoms with van der Waals surface area (Å²) < 4.78 is 2.69. The Balaban J connectivity index is 1.82. The lowest BCUT2D eigenvalue weighted by molar-refractivity contribution is 0.0990. The Morgan fingerprint density at radius 2 is 1.65 bits per heavy atom. The molecule has 1 heterocycles. The van der Waals surface area contributed by atoms with E-state index in [9.17, 15) is 4.79 Å². The lowest BCUT2D eigenvalue weighted by Gasteiger charge is -2.06. The highest BCUT2D eigenvalue weighted by Crippen LogP contribution is 2.16. The number of nitrogens with zero attached hydrogens (tertiary/aromatic N) is 3. The molecule has 2 aromatic carbocycles. The molecule has 23 heavy (non-hydrogen) atoms. The van der Waals surface area contributed by atoms with Crippen LogP contribution in [0.15, 0.2) is 53.0 Å². The molecule has 0 radical (unpaired) electrons. The van der Waals surface area contributed by atoms with Crippen molar-refractivity contribution >= 4 is 21.8 Å². The van der Waals surface area contributed by atoms with Crippen LogP contribution in [-0.4, -0.2) is 20.7 Å². The number of aromatic nitrogens is 3. The van der Waals surface area contributed by atoms with Gasteiger partial charge in [0, 0.05) is 4.47 Å². The van der Waals surface area contributed by atoms with Crippen molar-refractivity contribution in [1.82, 2.24) is 14.8 Å². The summed E-state index contributed by atoms with van der Waals surface area (Å²) in [6, 6.07) is 16.3. The number of carbonyl (C=O) groups is 1. The summed E-state index contributed by atoms with van der Waals surface area (Å²) in [5, 5.41) is 4.13. The fourth-order valence-electron chi connectivity index (χ4n) is 2.33. The van der Waals surface area contributed by atoms with Gasteiger partial charge in [-0.15, -0.1) is 5.10 Å². The third kappa shape index (κ3) is 3.48. The predicted molar refractivity (Wildman–Crippen MR) is 91.6 cm³/mol. The van der Waals surface area contributed by atoms with E-state index < -0.39 is 5.91 Å². The minimum absolute atomic E-state index is 0.0291. The van der Waals surface area contributed by atoms with E-state index in [-0.39, 0.29) is 5.82 Å². The molecule has 0 saturated carbocycles. The van der Waals surface area contributed by atoms with Crippen molar-refractivity contribution in [2.75, 3.05) is 0 Å². The van der Waals surface area contributed by atoms with Crippen LogP contribution >= 0.6 is 15.9 Å². The molecule has 116 valence electrons. The topological polar surface area (TPSA) is 73.8 Å². The molecular formula is C17H15BrN4O. The number of aryl methyl sites for hydroxylation is 1. The molecule has 1 amide bonds. The smallest absolute Gasteiger partial charge is 0.288 e. The first-order valence-electron chi connectivity index (χ1n) is 7.10. The van der Waals surface area contributed by atoms with Crippen molar-refractivity contribution in [3.63, 3.8) is 0 Å². The van der Waals surface area contributed by atoms with Gasteiger partial charge >= 0.3 is 0 Å². The summed E-state index contributed by atoms with van der Waals surface area (Å²) in [7, 11) is 0. The van der Waals surface area contributed by atoms with Crippen LogP contribution in [0.2, 0.25) is 0 Å². The molecule has 6 heteroatoms. The van der Waals surface area contributed by atoms with E-state index in [1.165, 1.54) is 11.1 Å². The van der Waals surface area contributed by atoms with Gasteiger partial charge in [0.2, 0.25) is 5.82 Å². The second kappa shape index (κ2) is 6.34. The molecule has 0 aliphatic heterocycles. The zero-order valence-electron chi connectivity index (χ0n) is 12.5. The Bertz CT molecular complexity index is 838. The molecule has 5 nitrogen and oxygen atoms in total. The van der Waals surface area contributed by atoms with Crippen molar-refractivity contribution in [3.8, 4) is 5.69 Å². The normalized spacial score (nSPS) is 10.7. The van der Waals surface area contributed by atoms with Crippen molar-refractivity contribution in [3.05, 3.63) is 75.8 Å². The van der Waals surface area contributed by atoms with Gasteiger partial charge in [0.05, 0.1) is 5.69 Å². The minimum atomic E-state index is -0.626. The molecule has 3 aromatic rings. The number of rotatable bonds is 4. The molecule has 0 aliphatic rings. The molecule has 0 atom stereocenters. The number of carbonyl (C=O) groups excluding carboxylic acids is 1. The molecule has 0 fully saturated rings. The van der Waals surface area contributed by atoms with Crippen molar-refractivity contribution in [2.45, 2.75) is 13.3 Å². The van der Waals surface area contributed by atoms with E-state index in [1.807, 2.05) is 36.4 Å². The van der Waals surface area contributed by atoms with E-state index in [0.717, 1.165) is 16.6 Å².